The van der Waals surface area contributed by atoms with Crippen molar-refractivity contribution in [3.63, 3.8) is 0 Å². The summed E-state index contributed by atoms with van der Waals surface area (Å²) in [7, 11) is 1.64. The number of rotatable bonds is 11. The van der Waals surface area contributed by atoms with Crippen molar-refractivity contribution in [1.29, 1.82) is 0 Å². The van der Waals surface area contributed by atoms with Crippen LogP contribution in [0, 0.1) is 22.9 Å². The number of aliphatic hydroxyl groups is 1. The van der Waals surface area contributed by atoms with Crippen LogP contribution in [0.3, 0.4) is 0 Å². The molecule has 5 nitrogen and oxygen atoms in total. The van der Waals surface area contributed by atoms with Crippen LogP contribution >= 0.6 is 0 Å². The van der Waals surface area contributed by atoms with Crippen molar-refractivity contribution in [2.45, 2.75) is 64.0 Å². The lowest BCUT2D eigenvalue weighted by Crippen LogP contribution is -2.44. The summed E-state index contributed by atoms with van der Waals surface area (Å²) >= 11 is 0. The third-order valence-corrected chi connectivity index (χ3v) is 7.90. The zero-order chi connectivity index (χ0) is 26.4. The predicted molar refractivity (Wildman–Crippen MR) is 139 cm³/mol. The van der Waals surface area contributed by atoms with Gasteiger partial charge in [0.05, 0.1) is 18.7 Å². The summed E-state index contributed by atoms with van der Waals surface area (Å²) in [6, 6.07) is 7.43. The van der Waals surface area contributed by atoms with Crippen molar-refractivity contribution in [3.05, 3.63) is 70.7 Å². The first-order chi connectivity index (χ1) is 17.9. The van der Waals surface area contributed by atoms with E-state index in [4.69, 9.17) is 10.5 Å². The summed E-state index contributed by atoms with van der Waals surface area (Å²) in [5.41, 5.74) is 8.85. The number of hydrogen-bond donors (Lipinski definition) is 3. The number of pyridine rings is 1. The quantitative estimate of drug-likeness (QED) is 0.306. The van der Waals surface area contributed by atoms with Crippen LogP contribution in [-0.4, -0.2) is 36.4 Å². The smallest absolute Gasteiger partial charge is 0.162 e. The topological polar surface area (TPSA) is 80.4 Å². The van der Waals surface area contributed by atoms with Crippen LogP contribution in [0.4, 0.5) is 13.2 Å². The van der Waals surface area contributed by atoms with Crippen molar-refractivity contribution < 1.29 is 23.0 Å². The van der Waals surface area contributed by atoms with Crippen LogP contribution in [0.15, 0.2) is 36.5 Å². The molecule has 0 aliphatic carbocycles. The molecule has 37 heavy (non-hydrogen) atoms. The van der Waals surface area contributed by atoms with Gasteiger partial charge in [0, 0.05) is 24.2 Å². The molecule has 4 N–H and O–H groups in total. The summed E-state index contributed by atoms with van der Waals surface area (Å²) in [4.78, 5) is 4.55. The van der Waals surface area contributed by atoms with Crippen LogP contribution in [0.1, 0.15) is 55.2 Å². The standard InChI is InChI=1S/C29H36F3N3O2/c1-37-22-7-8-26-24(16-22)23(20(17-33)18-35-26)5-3-9-29(10-12-34-13-11-29)27(36)6-2-4-19-14-21(30)15-25(31)28(19)32/h7-8,14-16,18,27,34,36H,2-6,9-13,17,33H2,1H3. The summed E-state index contributed by atoms with van der Waals surface area (Å²) in [5, 5.41) is 15.7. The number of methoxy groups -OCH3 is 1. The van der Waals surface area contributed by atoms with Crippen molar-refractivity contribution in [2.75, 3.05) is 20.2 Å². The first kappa shape index (κ1) is 27.4. The van der Waals surface area contributed by atoms with Gasteiger partial charge >= 0.3 is 0 Å². The highest BCUT2D eigenvalue weighted by atomic mass is 19.2. The predicted octanol–water partition coefficient (Wildman–Crippen LogP) is 5.20. The molecule has 1 aliphatic heterocycles. The van der Waals surface area contributed by atoms with E-state index in [2.05, 4.69) is 10.3 Å². The van der Waals surface area contributed by atoms with Crippen molar-refractivity contribution in [3.8, 4) is 5.75 Å². The van der Waals surface area contributed by atoms with Gasteiger partial charge in [0.15, 0.2) is 11.6 Å². The molecule has 0 bridgehead atoms. The fourth-order valence-electron chi connectivity index (χ4n) is 5.74. The molecule has 1 fully saturated rings. The van der Waals surface area contributed by atoms with E-state index in [0.717, 1.165) is 79.0 Å². The molecule has 1 aliphatic rings. The SMILES string of the molecule is COc1ccc2ncc(CN)c(CCCC3(C(O)CCCc4cc(F)cc(F)c4F)CCNCC3)c2c1. The Morgan fingerprint density at radius 3 is 2.59 bits per heavy atom. The van der Waals surface area contributed by atoms with E-state index in [1.54, 1.807) is 7.11 Å². The highest BCUT2D eigenvalue weighted by molar-refractivity contribution is 5.84. The number of ether oxygens (including phenoxy) is 1. The fourth-order valence-corrected chi connectivity index (χ4v) is 5.74. The molecule has 4 rings (SSSR count). The Kier molecular flexibility index (Phi) is 9.05. The Balaban J connectivity index is 1.45. The Morgan fingerprint density at radius 1 is 1.08 bits per heavy atom. The minimum atomic E-state index is -1.18. The molecule has 200 valence electrons. The monoisotopic (exact) mass is 515 g/mol. The van der Waals surface area contributed by atoms with Crippen LogP contribution in [0.5, 0.6) is 5.75 Å². The van der Waals surface area contributed by atoms with Gasteiger partial charge in [-0.25, -0.2) is 13.2 Å². The highest BCUT2D eigenvalue weighted by Crippen LogP contribution is 2.40. The third-order valence-electron chi connectivity index (χ3n) is 7.90. The second-order valence-corrected chi connectivity index (χ2v) is 10.1. The number of aliphatic hydroxyl groups excluding tert-OH is 1. The number of aryl methyl sites for hydroxylation is 2. The van der Waals surface area contributed by atoms with Gasteiger partial charge in [0.2, 0.25) is 0 Å². The van der Waals surface area contributed by atoms with E-state index >= 15 is 0 Å². The second-order valence-electron chi connectivity index (χ2n) is 10.1. The number of nitrogens with one attached hydrogen (secondary N) is 1. The minimum Gasteiger partial charge on any atom is -0.497 e. The van der Waals surface area contributed by atoms with Crippen molar-refractivity contribution in [1.82, 2.24) is 10.3 Å². The normalized spacial score (nSPS) is 16.2. The minimum absolute atomic E-state index is 0.0124. The molecule has 2 heterocycles. The van der Waals surface area contributed by atoms with Gasteiger partial charge < -0.3 is 20.9 Å². The number of nitrogens with zero attached hydrogens (tertiary/aromatic N) is 1. The van der Waals surface area contributed by atoms with E-state index in [1.807, 2.05) is 24.4 Å². The maximum absolute atomic E-state index is 14.1. The Labute approximate surface area is 216 Å². The van der Waals surface area contributed by atoms with Crippen LogP contribution in [0.25, 0.3) is 10.9 Å². The molecule has 1 saturated heterocycles. The molecule has 0 spiro atoms. The molecule has 3 aromatic rings. The van der Waals surface area contributed by atoms with Gasteiger partial charge in [-0.1, -0.05) is 0 Å². The number of nitrogens with two attached hydrogens (primary N) is 1. The number of halogens is 3. The Bertz CT molecular complexity index is 1210. The molecule has 8 heteroatoms. The molecular weight excluding hydrogens is 479 g/mol. The molecule has 1 unspecified atom stereocenters. The zero-order valence-electron chi connectivity index (χ0n) is 21.3. The fraction of sp³-hybridized carbons (Fsp3) is 0.483. The van der Waals surface area contributed by atoms with Crippen LogP contribution in [-0.2, 0) is 19.4 Å². The molecule has 0 radical (unpaired) electrons. The average Bonchev–Trinajstić information content (AvgIpc) is 2.91. The summed E-state index contributed by atoms with van der Waals surface area (Å²) in [6.45, 7) is 2.04. The summed E-state index contributed by atoms with van der Waals surface area (Å²) in [6.07, 6.45) is 6.50. The van der Waals surface area contributed by atoms with Crippen LogP contribution < -0.4 is 15.8 Å². The van der Waals surface area contributed by atoms with Gasteiger partial charge in [-0.15, -0.1) is 0 Å². The number of piperidine rings is 1. The largest absolute Gasteiger partial charge is 0.497 e. The summed E-state index contributed by atoms with van der Waals surface area (Å²) < 4.78 is 46.6. The van der Waals surface area contributed by atoms with Crippen LogP contribution in [0.2, 0.25) is 0 Å². The van der Waals surface area contributed by atoms with E-state index in [-0.39, 0.29) is 17.4 Å². The lowest BCUT2D eigenvalue weighted by molar-refractivity contribution is -0.0132. The molecule has 0 amide bonds. The number of benzene rings is 2. The first-order valence-electron chi connectivity index (χ1n) is 13.0. The third kappa shape index (κ3) is 6.25. The molecule has 1 atom stereocenters. The maximum atomic E-state index is 14.1. The van der Waals surface area contributed by atoms with Crippen molar-refractivity contribution >= 4 is 10.9 Å². The molecular formula is C29H36F3N3O2. The van der Waals surface area contributed by atoms with E-state index in [9.17, 15) is 18.3 Å². The molecule has 1 aromatic heterocycles. The van der Waals surface area contributed by atoms with Crippen molar-refractivity contribution in [2.24, 2.45) is 11.1 Å². The zero-order valence-corrected chi connectivity index (χ0v) is 21.3. The Morgan fingerprint density at radius 2 is 1.86 bits per heavy atom. The highest BCUT2D eigenvalue weighted by Gasteiger charge is 2.38. The second kappa shape index (κ2) is 12.2. The number of fused-ring (bicyclic) bond motifs is 1. The lowest BCUT2D eigenvalue weighted by Gasteiger charge is -2.42. The van der Waals surface area contributed by atoms with Gasteiger partial charge in [0.1, 0.15) is 11.6 Å². The van der Waals surface area contributed by atoms with Gasteiger partial charge in [-0.3, -0.25) is 4.98 Å². The Hall–Kier alpha value is -2.68. The van der Waals surface area contributed by atoms with E-state index < -0.39 is 23.6 Å². The lowest BCUT2D eigenvalue weighted by atomic mass is 9.69. The number of hydrogen-bond acceptors (Lipinski definition) is 5. The first-order valence-corrected chi connectivity index (χ1v) is 13.0. The van der Waals surface area contributed by atoms with Gasteiger partial charge in [-0.2, -0.15) is 0 Å². The number of aromatic nitrogens is 1. The average molecular weight is 516 g/mol. The van der Waals surface area contributed by atoms with Gasteiger partial charge in [0.25, 0.3) is 0 Å². The molecule has 2 aromatic carbocycles. The summed E-state index contributed by atoms with van der Waals surface area (Å²) in [5.74, 6) is -2.21. The van der Waals surface area contributed by atoms with E-state index in [1.165, 1.54) is 0 Å². The van der Waals surface area contributed by atoms with Gasteiger partial charge in [-0.05, 0) is 111 Å². The molecule has 0 saturated carbocycles. The van der Waals surface area contributed by atoms with E-state index in [0.29, 0.717) is 25.5 Å². The maximum Gasteiger partial charge on any atom is 0.162 e.